The molecule has 1 amide bonds. The average Bonchev–Trinajstić information content (AvgIpc) is 2.68. The second-order valence-electron chi connectivity index (χ2n) is 8.37. The highest BCUT2D eigenvalue weighted by Gasteiger charge is 2.49. The van der Waals surface area contributed by atoms with Crippen LogP contribution >= 0.6 is 0 Å². The minimum absolute atomic E-state index is 0.0948. The molecule has 0 radical (unpaired) electrons. The Labute approximate surface area is 161 Å². The molecule has 4 nitrogen and oxygen atoms in total. The SMILES string of the molecule is COCCOC1CCC2(CCN(C(=O)C3(F)CCC3)CC2)c2ccccc21. The number of likely N-dealkylation sites (tertiary alicyclic amines) is 1. The zero-order chi connectivity index (χ0) is 18.9. The first-order valence-corrected chi connectivity index (χ1v) is 10.3. The number of fused-ring (bicyclic) bond motifs is 2. The Hall–Kier alpha value is -1.46. The lowest BCUT2D eigenvalue weighted by atomic mass is 9.64. The van der Waals surface area contributed by atoms with Crippen LogP contribution in [-0.4, -0.2) is 49.9 Å². The number of halogens is 1. The molecule has 1 spiro atoms. The van der Waals surface area contributed by atoms with E-state index in [1.54, 1.807) is 12.0 Å². The van der Waals surface area contributed by atoms with E-state index in [0.717, 1.165) is 32.1 Å². The number of methoxy groups -OCH3 is 1. The lowest BCUT2D eigenvalue weighted by Gasteiger charge is -2.48. The van der Waals surface area contributed by atoms with E-state index in [1.807, 2.05) is 0 Å². The number of carbonyl (C=O) groups excluding carboxylic acids is 1. The Morgan fingerprint density at radius 2 is 1.89 bits per heavy atom. The quantitative estimate of drug-likeness (QED) is 0.732. The number of piperidine rings is 1. The van der Waals surface area contributed by atoms with Gasteiger partial charge in [-0.3, -0.25) is 4.79 Å². The fourth-order valence-electron chi connectivity index (χ4n) is 5.05. The normalized spacial score (nSPS) is 25.7. The van der Waals surface area contributed by atoms with E-state index < -0.39 is 5.67 Å². The molecule has 27 heavy (non-hydrogen) atoms. The predicted octanol–water partition coefficient (Wildman–Crippen LogP) is 3.94. The van der Waals surface area contributed by atoms with Crippen molar-refractivity contribution in [3.8, 4) is 0 Å². The lowest BCUT2D eigenvalue weighted by Crippen LogP contribution is -2.54. The Balaban J connectivity index is 1.47. The molecule has 2 fully saturated rings. The molecular weight excluding hydrogens is 345 g/mol. The van der Waals surface area contributed by atoms with Gasteiger partial charge in [0.15, 0.2) is 5.67 Å². The Bertz CT molecular complexity index is 680. The summed E-state index contributed by atoms with van der Waals surface area (Å²) in [5, 5.41) is 0. The molecule has 0 aromatic heterocycles. The monoisotopic (exact) mass is 375 g/mol. The van der Waals surface area contributed by atoms with Crippen LogP contribution in [0, 0.1) is 0 Å². The second-order valence-corrected chi connectivity index (χ2v) is 8.37. The largest absolute Gasteiger partial charge is 0.382 e. The van der Waals surface area contributed by atoms with E-state index in [-0.39, 0.29) is 17.4 Å². The van der Waals surface area contributed by atoms with Crippen molar-refractivity contribution in [1.29, 1.82) is 0 Å². The maximum atomic E-state index is 14.5. The van der Waals surface area contributed by atoms with Crippen molar-refractivity contribution in [2.45, 2.75) is 62.1 Å². The van der Waals surface area contributed by atoms with Crippen LogP contribution in [0.1, 0.15) is 62.2 Å². The van der Waals surface area contributed by atoms with Gasteiger partial charge in [0.05, 0.1) is 19.3 Å². The van der Waals surface area contributed by atoms with E-state index in [4.69, 9.17) is 9.47 Å². The maximum absolute atomic E-state index is 14.5. The summed E-state index contributed by atoms with van der Waals surface area (Å²) < 4.78 is 25.7. The molecule has 0 bridgehead atoms. The third kappa shape index (κ3) is 3.40. The zero-order valence-electron chi connectivity index (χ0n) is 16.2. The van der Waals surface area contributed by atoms with Crippen LogP contribution in [0.15, 0.2) is 24.3 Å². The topological polar surface area (TPSA) is 38.8 Å². The summed E-state index contributed by atoms with van der Waals surface area (Å²) in [4.78, 5) is 14.3. The van der Waals surface area contributed by atoms with Crippen molar-refractivity contribution in [3.05, 3.63) is 35.4 Å². The number of nitrogens with zero attached hydrogens (tertiary/aromatic N) is 1. The molecule has 3 aliphatic rings. The highest BCUT2D eigenvalue weighted by molar-refractivity contribution is 5.86. The van der Waals surface area contributed by atoms with Gasteiger partial charge >= 0.3 is 0 Å². The number of rotatable bonds is 5. The highest BCUT2D eigenvalue weighted by Crippen LogP contribution is 2.49. The summed E-state index contributed by atoms with van der Waals surface area (Å²) in [5.41, 5.74) is 1.16. The van der Waals surface area contributed by atoms with Crippen LogP contribution in [-0.2, 0) is 19.7 Å². The second kappa shape index (κ2) is 7.51. The number of hydrogen-bond acceptors (Lipinski definition) is 3. The number of benzene rings is 1. The number of carbonyl (C=O) groups is 1. The molecule has 2 aliphatic carbocycles. The highest BCUT2D eigenvalue weighted by atomic mass is 19.1. The molecular formula is C22H30FNO3. The molecule has 1 saturated heterocycles. The lowest BCUT2D eigenvalue weighted by molar-refractivity contribution is -0.151. The van der Waals surface area contributed by atoms with Gasteiger partial charge in [0.1, 0.15) is 0 Å². The minimum atomic E-state index is -1.57. The third-order valence-corrected chi connectivity index (χ3v) is 6.91. The summed E-state index contributed by atoms with van der Waals surface area (Å²) in [6.45, 7) is 2.53. The smallest absolute Gasteiger partial charge is 0.260 e. The van der Waals surface area contributed by atoms with E-state index in [9.17, 15) is 9.18 Å². The first kappa shape index (κ1) is 18.9. The van der Waals surface area contributed by atoms with Crippen molar-refractivity contribution in [2.24, 2.45) is 0 Å². The predicted molar refractivity (Wildman–Crippen MR) is 101 cm³/mol. The zero-order valence-corrected chi connectivity index (χ0v) is 16.2. The van der Waals surface area contributed by atoms with Crippen molar-refractivity contribution in [3.63, 3.8) is 0 Å². The standard InChI is InChI=1S/C22H30FNO3/c1-26-15-16-27-19-7-10-21(18-6-3-2-5-17(18)19)11-13-24(14-12-21)20(25)22(23)8-4-9-22/h2-3,5-6,19H,4,7-16H2,1H3. The molecule has 1 aliphatic heterocycles. The van der Waals surface area contributed by atoms with Gasteiger partial charge in [-0.25, -0.2) is 4.39 Å². The van der Waals surface area contributed by atoms with Gasteiger partial charge in [0.25, 0.3) is 5.91 Å². The molecule has 1 aromatic carbocycles. The van der Waals surface area contributed by atoms with Gasteiger partial charge in [0, 0.05) is 20.2 Å². The number of hydrogen-bond donors (Lipinski definition) is 0. The Morgan fingerprint density at radius 3 is 2.56 bits per heavy atom. The van der Waals surface area contributed by atoms with Gasteiger partial charge in [-0.2, -0.15) is 0 Å². The van der Waals surface area contributed by atoms with E-state index in [1.165, 1.54) is 11.1 Å². The Kier molecular flexibility index (Phi) is 5.26. The first-order chi connectivity index (χ1) is 13.1. The van der Waals surface area contributed by atoms with Gasteiger partial charge in [-0.1, -0.05) is 24.3 Å². The van der Waals surface area contributed by atoms with Gasteiger partial charge in [0.2, 0.25) is 0 Å². The van der Waals surface area contributed by atoms with Crippen molar-refractivity contribution < 1.29 is 18.7 Å². The van der Waals surface area contributed by atoms with Crippen LogP contribution in [0.25, 0.3) is 0 Å². The fraction of sp³-hybridized carbons (Fsp3) is 0.682. The van der Waals surface area contributed by atoms with Crippen LogP contribution in [0.3, 0.4) is 0 Å². The van der Waals surface area contributed by atoms with E-state index >= 15 is 0 Å². The molecule has 1 saturated carbocycles. The molecule has 1 unspecified atom stereocenters. The molecule has 5 heteroatoms. The molecule has 4 rings (SSSR count). The van der Waals surface area contributed by atoms with Gasteiger partial charge < -0.3 is 14.4 Å². The average molecular weight is 375 g/mol. The number of alkyl halides is 1. The van der Waals surface area contributed by atoms with E-state index in [0.29, 0.717) is 39.1 Å². The molecule has 1 heterocycles. The summed E-state index contributed by atoms with van der Waals surface area (Å²) >= 11 is 0. The van der Waals surface area contributed by atoms with Crippen molar-refractivity contribution in [1.82, 2.24) is 4.90 Å². The number of amides is 1. The molecule has 1 aromatic rings. The van der Waals surface area contributed by atoms with Crippen LogP contribution in [0.4, 0.5) is 4.39 Å². The van der Waals surface area contributed by atoms with Crippen LogP contribution in [0.5, 0.6) is 0 Å². The molecule has 0 N–H and O–H groups in total. The van der Waals surface area contributed by atoms with Crippen molar-refractivity contribution in [2.75, 3.05) is 33.4 Å². The van der Waals surface area contributed by atoms with Crippen LogP contribution < -0.4 is 0 Å². The number of ether oxygens (including phenoxy) is 2. The Morgan fingerprint density at radius 1 is 1.15 bits per heavy atom. The molecule has 1 atom stereocenters. The van der Waals surface area contributed by atoms with Crippen molar-refractivity contribution >= 4 is 5.91 Å². The van der Waals surface area contributed by atoms with Gasteiger partial charge in [-0.05, 0) is 61.5 Å². The summed E-state index contributed by atoms with van der Waals surface area (Å²) in [7, 11) is 1.69. The molecule has 148 valence electrons. The minimum Gasteiger partial charge on any atom is -0.382 e. The summed E-state index contributed by atoms with van der Waals surface area (Å²) in [6, 6.07) is 8.57. The van der Waals surface area contributed by atoms with Crippen LogP contribution in [0.2, 0.25) is 0 Å². The van der Waals surface area contributed by atoms with E-state index in [2.05, 4.69) is 24.3 Å². The maximum Gasteiger partial charge on any atom is 0.260 e. The summed E-state index contributed by atoms with van der Waals surface area (Å²) in [6.07, 6.45) is 5.62. The summed E-state index contributed by atoms with van der Waals surface area (Å²) in [5.74, 6) is -0.270. The fourth-order valence-corrected chi connectivity index (χ4v) is 5.05. The third-order valence-electron chi connectivity index (χ3n) is 6.91. The first-order valence-electron chi connectivity index (χ1n) is 10.3. The van der Waals surface area contributed by atoms with Gasteiger partial charge in [-0.15, -0.1) is 0 Å².